The van der Waals surface area contributed by atoms with Gasteiger partial charge in [0.2, 0.25) is 0 Å². The van der Waals surface area contributed by atoms with E-state index in [2.05, 4.69) is 29.0 Å². The fourth-order valence-electron chi connectivity index (χ4n) is 2.21. The predicted molar refractivity (Wildman–Crippen MR) is 95.0 cm³/mol. The molecule has 0 aliphatic heterocycles. The number of anilines is 1. The second kappa shape index (κ2) is 7.98. The minimum absolute atomic E-state index is 0.151. The quantitative estimate of drug-likeness (QED) is 0.634. The summed E-state index contributed by atoms with van der Waals surface area (Å²) in [6.07, 6.45) is 2.95. The van der Waals surface area contributed by atoms with Gasteiger partial charge in [-0.25, -0.2) is 0 Å². The van der Waals surface area contributed by atoms with Crippen molar-refractivity contribution in [1.82, 2.24) is 0 Å². The molecule has 5 heteroatoms. The number of aromatic hydroxyl groups is 2. The van der Waals surface area contributed by atoms with E-state index >= 15 is 0 Å². The van der Waals surface area contributed by atoms with Crippen molar-refractivity contribution >= 4 is 18.1 Å². The van der Waals surface area contributed by atoms with E-state index in [1.807, 2.05) is 18.2 Å². The molecule has 0 aliphatic rings. The summed E-state index contributed by atoms with van der Waals surface area (Å²) in [6.45, 7) is 5.91. The van der Waals surface area contributed by atoms with E-state index in [1.165, 1.54) is 12.4 Å². The van der Waals surface area contributed by atoms with Gasteiger partial charge in [0.05, 0.1) is 12.4 Å². The maximum Gasteiger partial charge on any atom is 0.126 e. The molecular formula is C18H21N3O2. The molecule has 120 valence electrons. The first kappa shape index (κ1) is 16.5. The molecule has 0 heterocycles. The van der Waals surface area contributed by atoms with E-state index in [-0.39, 0.29) is 11.5 Å². The molecule has 23 heavy (non-hydrogen) atoms. The molecular weight excluding hydrogens is 290 g/mol. The maximum atomic E-state index is 10.1. The molecule has 5 nitrogen and oxygen atoms in total. The van der Waals surface area contributed by atoms with Crippen LogP contribution in [0.2, 0.25) is 0 Å². The summed E-state index contributed by atoms with van der Waals surface area (Å²) in [7, 11) is 0. The van der Waals surface area contributed by atoms with Crippen LogP contribution in [0.1, 0.15) is 25.0 Å². The monoisotopic (exact) mass is 311 g/mol. The number of hydrogen-bond acceptors (Lipinski definition) is 5. The summed E-state index contributed by atoms with van der Waals surface area (Å²) < 4.78 is 0. The third-order valence-electron chi connectivity index (χ3n) is 3.54. The van der Waals surface area contributed by atoms with Gasteiger partial charge in [0, 0.05) is 36.0 Å². The van der Waals surface area contributed by atoms with Gasteiger partial charge in [0.15, 0.2) is 0 Å². The van der Waals surface area contributed by atoms with Crippen molar-refractivity contribution in [3.63, 3.8) is 0 Å². The molecule has 0 bridgehead atoms. The van der Waals surface area contributed by atoms with Gasteiger partial charge in [-0.3, -0.25) is 0 Å². The van der Waals surface area contributed by atoms with Crippen LogP contribution in [-0.2, 0) is 0 Å². The molecule has 0 spiro atoms. The number of phenolic OH excluding ortho intramolecular Hbond substituents is 2. The molecule has 0 atom stereocenters. The van der Waals surface area contributed by atoms with Crippen LogP contribution in [0.15, 0.2) is 52.7 Å². The molecule has 0 fully saturated rings. The largest absolute Gasteiger partial charge is 0.507 e. The van der Waals surface area contributed by atoms with E-state index in [0.717, 1.165) is 18.8 Å². The van der Waals surface area contributed by atoms with Crippen molar-refractivity contribution in [3.05, 3.63) is 53.6 Å². The minimum atomic E-state index is 0.151. The van der Waals surface area contributed by atoms with Crippen LogP contribution in [0.25, 0.3) is 0 Å². The van der Waals surface area contributed by atoms with Crippen LogP contribution >= 0.6 is 0 Å². The summed E-state index contributed by atoms with van der Waals surface area (Å²) in [4.78, 5) is 2.15. The van der Waals surface area contributed by atoms with E-state index in [9.17, 15) is 10.2 Å². The third-order valence-corrected chi connectivity index (χ3v) is 3.54. The first-order chi connectivity index (χ1) is 11.2. The highest BCUT2D eigenvalue weighted by atomic mass is 16.3. The average molecular weight is 311 g/mol. The number of nitrogens with zero attached hydrogens (tertiary/aromatic N) is 3. The predicted octanol–water partition coefficient (Wildman–Crippen LogP) is 3.40. The van der Waals surface area contributed by atoms with Crippen molar-refractivity contribution < 1.29 is 10.2 Å². The Hall–Kier alpha value is -2.82. The number of hydrogen-bond donors (Lipinski definition) is 2. The lowest BCUT2D eigenvalue weighted by Gasteiger charge is -2.21. The Kier molecular flexibility index (Phi) is 5.74. The second-order valence-corrected chi connectivity index (χ2v) is 4.96. The lowest BCUT2D eigenvalue weighted by molar-refractivity contribution is 0.474. The van der Waals surface area contributed by atoms with Gasteiger partial charge in [0.25, 0.3) is 0 Å². The Labute approximate surface area is 136 Å². The van der Waals surface area contributed by atoms with E-state index in [0.29, 0.717) is 11.1 Å². The van der Waals surface area contributed by atoms with Gasteiger partial charge in [-0.15, -0.1) is 0 Å². The van der Waals surface area contributed by atoms with Gasteiger partial charge in [-0.1, -0.05) is 12.1 Å². The fourth-order valence-corrected chi connectivity index (χ4v) is 2.21. The van der Waals surface area contributed by atoms with Gasteiger partial charge in [-0.05, 0) is 38.1 Å². The summed E-state index contributed by atoms with van der Waals surface area (Å²) in [5.41, 5.74) is 2.16. The van der Waals surface area contributed by atoms with Gasteiger partial charge in [-0.2, -0.15) is 10.2 Å². The number of rotatable bonds is 6. The van der Waals surface area contributed by atoms with Gasteiger partial charge < -0.3 is 15.1 Å². The van der Waals surface area contributed by atoms with Crippen LogP contribution in [0.5, 0.6) is 11.5 Å². The second-order valence-electron chi connectivity index (χ2n) is 4.96. The Morgan fingerprint density at radius 1 is 0.870 bits per heavy atom. The highest BCUT2D eigenvalue weighted by Crippen LogP contribution is 2.23. The average Bonchev–Trinajstić information content (AvgIpc) is 2.56. The lowest BCUT2D eigenvalue weighted by atomic mass is 10.2. The molecule has 2 aromatic carbocycles. The van der Waals surface area contributed by atoms with Crippen molar-refractivity contribution in [2.24, 2.45) is 10.2 Å². The summed E-state index contributed by atoms with van der Waals surface area (Å²) in [5, 5.41) is 27.5. The fraction of sp³-hybridized carbons (Fsp3) is 0.222. The van der Waals surface area contributed by atoms with E-state index in [4.69, 9.17) is 0 Å². The number of phenols is 2. The molecule has 0 aliphatic carbocycles. The van der Waals surface area contributed by atoms with Crippen LogP contribution in [0.3, 0.4) is 0 Å². The van der Waals surface area contributed by atoms with E-state index < -0.39 is 0 Å². The topological polar surface area (TPSA) is 68.4 Å². The van der Waals surface area contributed by atoms with Crippen LogP contribution < -0.4 is 4.90 Å². The van der Waals surface area contributed by atoms with Gasteiger partial charge >= 0.3 is 0 Å². The van der Waals surface area contributed by atoms with Gasteiger partial charge in [0.1, 0.15) is 11.5 Å². The molecule has 2 rings (SSSR count). The Morgan fingerprint density at radius 2 is 1.48 bits per heavy atom. The van der Waals surface area contributed by atoms with Crippen LogP contribution in [0, 0.1) is 0 Å². The molecule has 2 aromatic rings. The Morgan fingerprint density at radius 3 is 2.04 bits per heavy atom. The van der Waals surface area contributed by atoms with Crippen LogP contribution in [0.4, 0.5) is 5.69 Å². The minimum Gasteiger partial charge on any atom is -0.507 e. The Bertz CT molecular complexity index is 707. The SMILES string of the molecule is CCN(CC)c1ccc(C=NN=Cc2ccccc2O)c(O)c1. The van der Waals surface area contributed by atoms with Crippen LogP contribution in [-0.4, -0.2) is 35.7 Å². The van der Waals surface area contributed by atoms with E-state index in [1.54, 1.807) is 24.3 Å². The molecule has 0 radical (unpaired) electrons. The number of para-hydroxylation sites is 1. The lowest BCUT2D eigenvalue weighted by Crippen LogP contribution is -2.21. The molecule has 0 saturated carbocycles. The highest BCUT2D eigenvalue weighted by Gasteiger charge is 2.05. The molecule has 2 N–H and O–H groups in total. The first-order valence-electron chi connectivity index (χ1n) is 7.58. The van der Waals surface area contributed by atoms with Crippen molar-refractivity contribution in [3.8, 4) is 11.5 Å². The zero-order chi connectivity index (χ0) is 16.7. The summed E-state index contributed by atoms with van der Waals surface area (Å²) in [5.74, 6) is 0.314. The first-order valence-corrected chi connectivity index (χ1v) is 7.58. The normalized spacial score (nSPS) is 11.4. The number of benzene rings is 2. The summed E-state index contributed by atoms with van der Waals surface area (Å²) in [6, 6.07) is 12.4. The highest BCUT2D eigenvalue weighted by molar-refractivity contribution is 5.86. The summed E-state index contributed by atoms with van der Waals surface area (Å²) >= 11 is 0. The smallest absolute Gasteiger partial charge is 0.126 e. The maximum absolute atomic E-state index is 10.1. The van der Waals surface area contributed by atoms with Crippen molar-refractivity contribution in [1.29, 1.82) is 0 Å². The molecule has 0 saturated heterocycles. The Balaban J connectivity index is 2.10. The van der Waals surface area contributed by atoms with Crippen molar-refractivity contribution in [2.45, 2.75) is 13.8 Å². The third kappa shape index (κ3) is 4.32. The zero-order valence-electron chi connectivity index (χ0n) is 13.3. The zero-order valence-corrected chi connectivity index (χ0v) is 13.3. The molecule has 0 unspecified atom stereocenters. The molecule has 0 amide bonds. The standard InChI is InChI=1S/C18H21N3O2/c1-3-21(4-2)16-10-9-15(18(23)11-16)13-20-19-12-14-7-5-6-8-17(14)22/h5-13,22-23H,3-4H2,1-2H3. The molecule has 0 aromatic heterocycles. The van der Waals surface area contributed by atoms with Crippen molar-refractivity contribution in [2.75, 3.05) is 18.0 Å².